The quantitative estimate of drug-likeness (QED) is 0.784. The van der Waals surface area contributed by atoms with E-state index in [-0.39, 0.29) is 11.3 Å². The van der Waals surface area contributed by atoms with Crippen molar-refractivity contribution in [2.45, 2.75) is 50.7 Å². The molecular formula is C17H19FNO3S-. The topological polar surface area (TPSA) is 66.2 Å². The summed E-state index contributed by atoms with van der Waals surface area (Å²) in [6.45, 7) is 1.79. The van der Waals surface area contributed by atoms with Gasteiger partial charge in [0.15, 0.2) is 11.7 Å². The minimum absolute atomic E-state index is 0.164. The van der Waals surface area contributed by atoms with E-state index in [1.165, 1.54) is 31.4 Å². The Labute approximate surface area is 137 Å². The average Bonchev–Trinajstić information content (AvgIpc) is 2.92. The molecule has 6 heteroatoms. The molecule has 2 aromatic rings. The van der Waals surface area contributed by atoms with Gasteiger partial charge < -0.3 is 8.97 Å². The Morgan fingerprint density at radius 1 is 1.35 bits per heavy atom. The fraction of sp³-hybridized carbons (Fsp3) is 0.471. The zero-order chi connectivity index (χ0) is 16.4. The zero-order valence-corrected chi connectivity index (χ0v) is 13.8. The number of hydrogen-bond acceptors (Lipinski definition) is 4. The van der Waals surface area contributed by atoms with Gasteiger partial charge in [0.1, 0.15) is 5.82 Å². The second-order valence-electron chi connectivity index (χ2n) is 6.04. The van der Waals surface area contributed by atoms with Crippen LogP contribution in [0.5, 0.6) is 0 Å². The van der Waals surface area contributed by atoms with E-state index in [0.717, 1.165) is 18.5 Å². The van der Waals surface area contributed by atoms with Crippen molar-refractivity contribution in [2.75, 3.05) is 0 Å². The molecule has 0 radical (unpaired) electrons. The van der Waals surface area contributed by atoms with E-state index >= 15 is 0 Å². The summed E-state index contributed by atoms with van der Waals surface area (Å²) >= 11 is -2.31. The van der Waals surface area contributed by atoms with Gasteiger partial charge in [-0.15, -0.1) is 0 Å². The number of rotatable bonds is 4. The maximum atomic E-state index is 14.1. The number of hydrogen-bond donors (Lipinski definition) is 0. The molecule has 0 aliphatic heterocycles. The lowest BCUT2D eigenvalue weighted by molar-refractivity contribution is 0.436. The van der Waals surface area contributed by atoms with Gasteiger partial charge in [-0.25, -0.2) is 9.37 Å². The third kappa shape index (κ3) is 3.70. The van der Waals surface area contributed by atoms with Crippen molar-refractivity contribution in [3.8, 4) is 11.3 Å². The van der Waals surface area contributed by atoms with Gasteiger partial charge in [0.2, 0.25) is 0 Å². The third-order valence-electron chi connectivity index (χ3n) is 4.34. The second kappa shape index (κ2) is 6.93. The molecule has 1 fully saturated rings. The number of aryl methyl sites for hydroxylation is 1. The normalized spacial score (nSPS) is 17.3. The summed E-state index contributed by atoms with van der Waals surface area (Å²) < 4.78 is 41.4. The Hall–Kier alpha value is -1.53. The molecule has 1 saturated carbocycles. The van der Waals surface area contributed by atoms with Crippen LogP contribution in [0.15, 0.2) is 22.6 Å². The summed E-state index contributed by atoms with van der Waals surface area (Å²) in [5, 5.41) is 0. The Kier molecular flexibility index (Phi) is 4.92. The van der Waals surface area contributed by atoms with Gasteiger partial charge in [-0.1, -0.05) is 42.5 Å². The Balaban J connectivity index is 1.95. The minimum Gasteiger partial charge on any atom is -0.772 e. The molecule has 1 aromatic carbocycles. The molecule has 1 aliphatic rings. The maximum absolute atomic E-state index is 14.1. The van der Waals surface area contributed by atoms with Gasteiger partial charge in [0.05, 0.1) is 5.69 Å². The Morgan fingerprint density at radius 2 is 2.09 bits per heavy atom. The lowest BCUT2D eigenvalue weighted by Crippen LogP contribution is -2.06. The third-order valence-corrected chi connectivity index (χ3v) is 4.89. The smallest absolute Gasteiger partial charge is 0.192 e. The second-order valence-corrected chi connectivity index (χ2v) is 6.93. The summed E-state index contributed by atoms with van der Waals surface area (Å²) in [6.07, 6.45) is 5.76. The van der Waals surface area contributed by atoms with Gasteiger partial charge in [-0.2, -0.15) is 0 Å². The van der Waals surface area contributed by atoms with E-state index in [1.54, 1.807) is 13.0 Å². The highest BCUT2D eigenvalue weighted by Gasteiger charge is 2.24. The highest BCUT2D eigenvalue weighted by Crippen LogP contribution is 2.38. The van der Waals surface area contributed by atoms with Gasteiger partial charge in [0.25, 0.3) is 0 Å². The van der Waals surface area contributed by atoms with Crippen LogP contribution in [0.1, 0.15) is 55.2 Å². The lowest BCUT2D eigenvalue weighted by Gasteiger charge is -2.20. The van der Waals surface area contributed by atoms with Crippen molar-refractivity contribution < 1.29 is 17.6 Å². The molecule has 0 N–H and O–H groups in total. The van der Waals surface area contributed by atoms with E-state index < -0.39 is 16.9 Å². The fourth-order valence-corrected chi connectivity index (χ4v) is 3.72. The number of benzene rings is 1. The van der Waals surface area contributed by atoms with Crippen LogP contribution in [-0.2, 0) is 16.8 Å². The molecule has 1 aromatic heterocycles. The van der Waals surface area contributed by atoms with Crippen LogP contribution in [0.4, 0.5) is 4.39 Å². The predicted molar refractivity (Wildman–Crippen MR) is 85.1 cm³/mol. The van der Waals surface area contributed by atoms with Crippen LogP contribution in [0, 0.1) is 12.7 Å². The molecule has 0 saturated heterocycles. The van der Waals surface area contributed by atoms with Crippen molar-refractivity contribution in [1.82, 2.24) is 4.98 Å². The van der Waals surface area contributed by atoms with Gasteiger partial charge in [-0.3, -0.25) is 4.21 Å². The largest absolute Gasteiger partial charge is 0.772 e. The monoisotopic (exact) mass is 336 g/mol. The predicted octanol–water partition coefficient (Wildman–Crippen LogP) is 4.22. The molecule has 0 spiro atoms. The van der Waals surface area contributed by atoms with Gasteiger partial charge in [-0.05, 0) is 24.5 Å². The van der Waals surface area contributed by atoms with Crippen molar-refractivity contribution in [2.24, 2.45) is 0 Å². The standard InChI is InChI=1S/C17H20FNO3S/c1-11-19-16(12-5-3-2-4-6-12)17(22-11)13-7-8-14(10-23(20)21)15(18)9-13/h7-9,12H,2-6,10H2,1H3,(H,20,21)/p-1. The molecule has 124 valence electrons. The molecule has 4 nitrogen and oxygen atoms in total. The summed E-state index contributed by atoms with van der Waals surface area (Å²) in [6, 6.07) is 4.55. The lowest BCUT2D eigenvalue weighted by atomic mass is 9.85. The number of halogens is 1. The molecule has 0 bridgehead atoms. The number of aromatic nitrogens is 1. The molecule has 1 aliphatic carbocycles. The molecule has 23 heavy (non-hydrogen) atoms. The van der Waals surface area contributed by atoms with E-state index in [4.69, 9.17) is 4.42 Å². The molecular weight excluding hydrogens is 317 g/mol. The first kappa shape index (κ1) is 16.3. The first-order valence-electron chi connectivity index (χ1n) is 7.86. The van der Waals surface area contributed by atoms with Crippen LogP contribution >= 0.6 is 0 Å². The van der Waals surface area contributed by atoms with Crippen LogP contribution in [-0.4, -0.2) is 13.7 Å². The van der Waals surface area contributed by atoms with E-state index in [9.17, 15) is 13.2 Å². The van der Waals surface area contributed by atoms with E-state index in [0.29, 0.717) is 23.1 Å². The Bertz CT molecular complexity index is 723. The summed E-state index contributed by atoms with van der Waals surface area (Å²) in [5.74, 6) is 0.689. The molecule has 1 heterocycles. The van der Waals surface area contributed by atoms with Gasteiger partial charge >= 0.3 is 0 Å². The van der Waals surface area contributed by atoms with Crippen molar-refractivity contribution in [3.05, 3.63) is 41.2 Å². The van der Waals surface area contributed by atoms with Gasteiger partial charge in [0, 0.05) is 24.2 Å². The first-order chi connectivity index (χ1) is 11.0. The molecule has 1 unspecified atom stereocenters. The summed E-state index contributed by atoms with van der Waals surface area (Å²) in [7, 11) is 0. The van der Waals surface area contributed by atoms with Crippen molar-refractivity contribution in [1.29, 1.82) is 0 Å². The van der Waals surface area contributed by atoms with Crippen LogP contribution in [0.2, 0.25) is 0 Å². The summed E-state index contributed by atoms with van der Waals surface area (Å²) in [4.78, 5) is 4.52. The highest BCUT2D eigenvalue weighted by molar-refractivity contribution is 7.78. The fourth-order valence-electron chi connectivity index (χ4n) is 3.24. The number of nitrogens with zero attached hydrogens (tertiary/aromatic N) is 1. The minimum atomic E-state index is -2.31. The van der Waals surface area contributed by atoms with Crippen molar-refractivity contribution in [3.63, 3.8) is 0 Å². The van der Waals surface area contributed by atoms with E-state index in [1.807, 2.05) is 0 Å². The molecule has 3 rings (SSSR count). The van der Waals surface area contributed by atoms with Crippen LogP contribution < -0.4 is 0 Å². The maximum Gasteiger partial charge on any atom is 0.192 e. The molecule has 1 atom stereocenters. The molecule has 0 amide bonds. The first-order valence-corrected chi connectivity index (χ1v) is 9.11. The SMILES string of the molecule is Cc1nc(C2CCCCC2)c(-c2ccc(CS(=O)[O-])c(F)c2)o1. The van der Waals surface area contributed by atoms with Crippen LogP contribution in [0.25, 0.3) is 11.3 Å². The van der Waals surface area contributed by atoms with Crippen molar-refractivity contribution >= 4 is 11.1 Å². The number of oxazole rings is 1. The van der Waals surface area contributed by atoms with Crippen LogP contribution in [0.3, 0.4) is 0 Å². The Morgan fingerprint density at radius 3 is 2.74 bits per heavy atom. The summed E-state index contributed by atoms with van der Waals surface area (Å²) in [5.41, 5.74) is 1.68. The highest BCUT2D eigenvalue weighted by atomic mass is 32.2. The average molecular weight is 336 g/mol. The van der Waals surface area contributed by atoms with E-state index in [2.05, 4.69) is 4.98 Å². The zero-order valence-electron chi connectivity index (χ0n) is 13.0.